The maximum atomic E-state index is 4.83. The van der Waals surface area contributed by atoms with E-state index in [4.69, 9.17) is 4.74 Å². The van der Waals surface area contributed by atoms with E-state index in [1.54, 1.807) is 0 Å². The summed E-state index contributed by atoms with van der Waals surface area (Å²) >= 11 is 0. The molecular weight excluding hydrogens is 83.0 g/mol. The van der Waals surface area contributed by atoms with Crippen molar-refractivity contribution < 1.29 is 23.6 Å². The van der Waals surface area contributed by atoms with Crippen LogP contribution in [0.5, 0.6) is 0 Å². The Kier molecular flexibility index (Phi) is 35.8. The molecule has 0 N–H and O–H groups in total. The van der Waals surface area contributed by atoms with Crippen molar-refractivity contribution in [3.05, 3.63) is 7.43 Å². The minimum absolute atomic E-state index is 0. The van der Waals surface area contributed by atoms with Crippen molar-refractivity contribution in [2.75, 3.05) is 13.2 Å². The molecule has 0 unspecified atom stereocenters. The fourth-order valence-corrected chi connectivity index (χ4v) is 0.204. The van der Waals surface area contributed by atoms with Crippen LogP contribution in [-0.2, 0) is 4.74 Å². The Balaban J connectivity index is -0.0000000800. The predicted molar refractivity (Wildman–Crippen MR) is 28.6 cm³/mol. The van der Waals surface area contributed by atoms with Crippen molar-refractivity contribution in [3.63, 3.8) is 0 Å². The molecule has 0 saturated carbocycles. The summed E-state index contributed by atoms with van der Waals surface area (Å²) in [6.07, 6.45) is 0. The molecule has 0 rings (SSSR count). The van der Waals surface area contributed by atoms with Crippen molar-refractivity contribution in [3.8, 4) is 0 Å². The summed E-state index contributed by atoms with van der Waals surface area (Å²) in [7, 11) is 0. The Morgan fingerprint density at radius 2 is 1.43 bits per heavy atom. The Labute approximate surface area is 58.6 Å². The molecule has 0 heterocycles. The van der Waals surface area contributed by atoms with E-state index in [0.29, 0.717) is 0 Å². The van der Waals surface area contributed by atoms with Crippen molar-refractivity contribution >= 4 is 0 Å². The van der Waals surface area contributed by atoms with Crippen LogP contribution in [0.3, 0.4) is 0 Å². The first-order chi connectivity index (χ1) is 2.41. The van der Waals surface area contributed by atoms with E-state index in [-0.39, 0.29) is 26.3 Å². The van der Waals surface area contributed by atoms with Crippen LogP contribution >= 0.6 is 0 Å². The molecule has 0 aliphatic carbocycles. The number of hydrogen-bond acceptors (Lipinski definition) is 1. The van der Waals surface area contributed by atoms with Gasteiger partial charge in [-0.3, -0.25) is 0 Å². The van der Waals surface area contributed by atoms with Crippen molar-refractivity contribution in [2.24, 2.45) is 0 Å². The van der Waals surface area contributed by atoms with Gasteiger partial charge in [0.05, 0.1) is 0 Å². The molecule has 0 fully saturated rings. The van der Waals surface area contributed by atoms with E-state index in [1.807, 2.05) is 13.8 Å². The fraction of sp³-hybridized carbons (Fsp3) is 0.800. The zero-order valence-electron chi connectivity index (χ0n) is 5.82. The van der Waals surface area contributed by atoms with Gasteiger partial charge in [-0.2, -0.15) is 0 Å². The van der Waals surface area contributed by atoms with E-state index >= 15 is 0 Å². The van der Waals surface area contributed by atoms with Crippen LogP contribution in [-0.4, -0.2) is 13.2 Å². The smallest absolute Gasteiger partial charge is 0.382 e. The topological polar surface area (TPSA) is 9.23 Å². The first kappa shape index (κ1) is 15.6. The molecule has 0 aromatic rings. The molecule has 40 valence electrons. The van der Waals surface area contributed by atoms with Gasteiger partial charge < -0.3 is 12.2 Å². The Hall–Kier alpha value is 0.557. The van der Waals surface area contributed by atoms with Gasteiger partial charge in [-0.1, -0.05) is 0 Å². The number of hydrogen-bond donors (Lipinski definition) is 0. The van der Waals surface area contributed by atoms with Crippen molar-refractivity contribution in [1.82, 2.24) is 0 Å². The van der Waals surface area contributed by atoms with Gasteiger partial charge in [0.1, 0.15) is 0 Å². The maximum Gasteiger partial charge on any atom is 1.00 e. The molecule has 2 heteroatoms. The summed E-state index contributed by atoms with van der Waals surface area (Å²) in [5.74, 6) is 0. The van der Waals surface area contributed by atoms with Crippen LogP contribution in [0.4, 0.5) is 0 Å². The SMILES string of the molecule is CCOCC.[CH3-].[Li+]. The molecule has 0 aliphatic heterocycles. The summed E-state index contributed by atoms with van der Waals surface area (Å²) in [4.78, 5) is 0. The van der Waals surface area contributed by atoms with Crippen LogP contribution in [0.25, 0.3) is 0 Å². The molecule has 0 aliphatic rings. The predicted octanol–water partition coefficient (Wildman–Crippen LogP) is -1.50. The van der Waals surface area contributed by atoms with Crippen LogP contribution in [0.1, 0.15) is 13.8 Å². The van der Waals surface area contributed by atoms with E-state index in [0.717, 1.165) is 13.2 Å². The molecular formula is C5H13LiO. The van der Waals surface area contributed by atoms with E-state index in [1.165, 1.54) is 0 Å². The standard InChI is InChI=1S/C4H10O.CH3.Li/c1-3-5-4-2;;/h3-4H2,1-2H3;1H3;/q;-1;+1. The van der Waals surface area contributed by atoms with Gasteiger partial charge in [-0.05, 0) is 13.8 Å². The van der Waals surface area contributed by atoms with Crippen LogP contribution in [0.15, 0.2) is 0 Å². The number of rotatable bonds is 2. The second-order valence-electron chi connectivity index (χ2n) is 0.781. The average molecular weight is 96.1 g/mol. The third kappa shape index (κ3) is 20.8. The molecule has 0 radical (unpaired) electrons. The van der Waals surface area contributed by atoms with Gasteiger partial charge in [0, 0.05) is 13.2 Å². The maximum absolute atomic E-state index is 4.83. The van der Waals surface area contributed by atoms with Gasteiger partial charge in [-0.25, -0.2) is 0 Å². The molecule has 1 nitrogen and oxygen atoms in total. The molecule has 7 heavy (non-hydrogen) atoms. The molecule has 0 bridgehead atoms. The van der Waals surface area contributed by atoms with E-state index < -0.39 is 0 Å². The Bertz CT molecular complexity index is 15.6. The second kappa shape index (κ2) is 16.0. The summed E-state index contributed by atoms with van der Waals surface area (Å²) in [5.41, 5.74) is 0. The quantitative estimate of drug-likeness (QED) is 0.300. The minimum Gasteiger partial charge on any atom is -0.382 e. The summed E-state index contributed by atoms with van der Waals surface area (Å²) < 4.78 is 4.83. The molecule has 0 atom stereocenters. The first-order valence-electron chi connectivity index (χ1n) is 1.99. The zero-order chi connectivity index (χ0) is 4.12. The van der Waals surface area contributed by atoms with E-state index in [9.17, 15) is 0 Å². The normalized spacial score (nSPS) is 6.00. The molecule has 0 amide bonds. The van der Waals surface area contributed by atoms with Gasteiger partial charge >= 0.3 is 18.9 Å². The summed E-state index contributed by atoms with van der Waals surface area (Å²) in [6, 6.07) is 0. The van der Waals surface area contributed by atoms with Gasteiger partial charge in [-0.15, -0.1) is 0 Å². The molecule has 0 spiro atoms. The second-order valence-corrected chi connectivity index (χ2v) is 0.781. The summed E-state index contributed by atoms with van der Waals surface area (Å²) in [5, 5.41) is 0. The largest absolute Gasteiger partial charge is 1.00 e. The van der Waals surface area contributed by atoms with Gasteiger partial charge in [0.15, 0.2) is 0 Å². The molecule has 0 saturated heterocycles. The Morgan fingerprint density at radius 1 is 1.14 bits per heavy atom. The fourth-order valence-electron chi connectivity index (χ4n) is 0.204. The van der Waals surface area contributed by atoms with Crippen molar-refractivity contribution in [1.29, 1.82) is 0 Å². The molecule has 0 aromatic heterocycles. The monoisotopic (exact) mass is 96.1 g/mol. The van der Waals surface area contributed by atoms with Crippen LogP contribution in [0, 0.1) is 7.43 Å². The minimum atomic E-state index is 0. The number of ether oxygens (including phenoxy) is 1. The Morgan fingerprint density at radius 3 is 1.43 bits per heavy atom. The van der Waals surface area contributed by atoms with Gasteiger partial charge in [0.25, 0.3) is 0 Å². The summed E-state index contributed by atoms with van der Waals surface area (Å²) in [6.45, 7) is 5.67. The third-order valence-corrected chi connectivity index (χ3v) is 0.408. The van der Waals surface area contributed by atoms with Crippen LogP contribution < -0.4 is 18.9 Å². The van der Waals surface area contributed by atoms with Crippen LogP contribution in [0.2, 0.25) is 0 Å². The zero-order valence-corrected chi connectivity index (χ0v) is 5.82. The third-order valence-electron chi connectivity index (χ3n) is 0.408. The van der Waals surface area contributed by atoms with Gasteiger partial charge in [0.2, 0.25) is 0 Å². The van der Waals surface area contributed by atoms with E-state index in [2.05, 4.69) is 0 Å². The average Bonchev–Trinajstić information content (AvgIpc) is 1.41. The first-order valence-corrected chi connectivity index (χ1v) is 1.99. The van der Waals surface area contributed by atoms with Crippen molar-refractivity contribution in [2.45, 2.75) is 13.8 Å². The molecule has 0 aromatic carbocycles.